The summed E-state index contributed by atoms with van der Waals surface area (Å²) >= 11 is 2.62. The first kappa shape index (κ1) is 12.9. The number of rotatable bonds is 4. The number of hydrogen-bond acceptors (Lipinski definition) is 6. The molecule has 15 heavy (non-hydrogen) atoms. The molecule has 0 radical (unpaired) electrons. The fourth-order valence-electron chi connectivity index (χ4n) is 1.54. The van der Waals surface area contributed by atoms with E-state index < -0.39 is 14.2 Å². The molecule has 7 heteroatoms. The van der Waals surface area contributed by atoms with Gasteiger partial charge in [0.15, 0.2) is 0 Å². The van der Waals surface area contributed by atoms with Crippen LogP contribution in [0.4, 0.5) is 0 Å². The van der Waals surface area contributed by atoms with Crippen molar-refractivity contribution in [1.29, 1.82) is 0 Å². The summed E-state index contributed by atoms with van der Waals surface area (Å²) in [5, 5.41) is 0. The summed E-state index contributed by atoms with van der Waals surface area (Å²) in [6.45, 7) is 0. The zero-order valence-electron chi connectivity index (χ0n) is 8.35. The van der Waals surface area contributed by atoms with Crippen LogP contribution < -0.4 is 0 Å². The Hall–Kier alpha value is 2.90. The first-order valence-electron chi connectivity index (χ1n) is 5.26. The molecule has 0 spiro atoms. The van der Waals surface area contributed by atoms with Crippen molar-refractivity contribution in [3.63, 3.8) is 0 Å². The fraction of sp³-hybridized carbons (Fsp3) is 1.00. The summed E-state index contributed by atoms with van der Waals surface area (Å²) < 4.78 is 3.63. The molecule has 2 atom stereocenters. The molecule has 3 aliphatic rings. The molecule has 3 heterocycles. The van der Waals surface area contributed by atoms with Gasteiger partial charge in [0.25, 0.3) is 0 Å². The van der Waals surface area contributed by atoms with E-state index in [1.807, 2.05) is 0 Å². The van der Waals surface area contributed by atoms with Crippen LogP contribution in [-0.4, -0.2) is 40.7 Å². The van der Waals surface area contributed by atoms with Crippen molar-refractivity contribution in [3.05, 3.63) is 0 Å². The standard InChI is InChI=1S/2C3H6S2.C2H5S2.Sn/c2*4-3-1-2-5-3;1-2-4-3;/h2*3-4H,1-2H2;3H,1-2H2;/q;;;+3/p-3. The minimum absolute atomic E-state index is 1.00. The second-order valence-electron chi connectivity index (χ2n) is 3.75. The Bertz CT molecular complexity index is 205. The number of hydrogen-bond donors (Lipinski definition) is 0. The fourth-order valence-corrected chi connectivity index (χ4v) is 75.3. The summed E-state index contributed by atoms with van der Waals surface area (Å²) in [5.74, 6) is 4.32. The third-order valence-electron chi connectivity index (χ3n) is 2.61. The topological polar surface area (TPSA) is 0 Å². The second kappa shape index (κ2) is 5.90. The Morgan fingerprint density at radius 2 is 1.53 bits per heavy atom. The molecular weight excluding hydrogens is 407 g/mol. The Balaban J connectivity index is 1.58. The van der Waals surface area contributed by atoms with Gasteiger partial charge in [-0.3, -0.25) is 0 Å². The van der Waals surface area contributed by atoms with Gasteiger partial charge in [-0.15, -0.1) is 0 Å². The summed E-state index contributed by atoms with van der Waals surface area (Å²) in [5.41, 5.74) is 0. The molecular formula is C8H14S6Sn. The van der Waals surface area contributed by atoms with E-state index in [0.717, 1.165) is 9.16 Å². The number of thioether (sulfide) groups is 2. The van der Waals surface area contributed by atoms with Crippen LogP contribution in [0.5, 0.6) is 0 Å². The van der Waals surface area contributed by atoms with Gasteiger partial charge in [-0.2, -0.15) is 0 Å². The molecule has 0 aromatic rings. The van der Waals surface area contributed by atoms with E-state index in [-0.39, 0.29) is 0 Å². The normalized spacial score (nSPS) is 44.8. The van der Waals surface area contributed by atoms with E-state index in [4.69, 9.17) is 0 Å². The van der Waals surface area contributed by atoms with Crippen LogP contribution in [0.3, 0.4) is 0 Å². The zero-order chi connectivity index (χ0) is 10.1. The van der Waals surface area contributed by atoms with Crippen molar-refractivity contribution in [2.24, 2.45) is 0 Å². The third kappa shape index (κ3) is 3.26. The molecule has 2 unspecified atom stereocenters. The van der Waals surface area contributed by atoms with E-state index in [1.54, 1.807) is 4.44 Å². The Morgan fingerprint density at radius 1 is 0.933 bits per heavy atom. The first-order chi connectivity index (χ1) is 7.36. The zero-order valence-corrected chi connectivity index (χ0v) is 16.1. The molecule has 3 fully saturated rings. The predicted molar refractivity (Wildman–Crippen MR) is 87.5 cm³/mol. The van der Waals surface area contributed by atoms with E-state index in [9.17, 15) is 0 Å². The van der Waals surface area contributed by atoms with Crippen LogP contribution in [0.2, 0.25) is 4.44 Å². The molecule has 0 nitrogen and oxygen atoms in total. The molecule has 0 amide bonds. The van der Waals surface area contributed by atoms with Crippen molar-refractivity contribution in [1.82, 2.24) is 0 Å². The monoisotopic (exact) mass is 422 g/mol. The van der Waals surface area contributed by atoms with Crippen LogP contribution in [0, 0.1) is 0 Å². The van der Waals surface area contributed by atoms with E-state index in [2.05, 4.69) is 60.2 Å². The van der Waals surface area contributed by atoms with Gasteiger partial charge in [0.1, 0.15) is 0 Å². The molecule has 86 valence electrons. The second-order valence-corrected chi connectivity index (χ2v) is 43.5. The van der Waals surface area contributed by atoms with Gasteiger partial charge in [0.05, 0.1) is 0 Å². The summed E-state index contributed by atoms with van der Waals surface area (Å²) in [7, 11) is 9.52. The van der Waals surface area contributed by atoms with Crippen LogP contribution in [0.15, 0.2) is 0 Å². The van der Waals surface area contributed by atoms with Crippen LogP contribution in [0.25, 0.3) is 0 Å². The van der Waals surface area contributed by atoms with Crippen LogP contribution in [0.1, 0.15) is 12.8 Å². The average Bonchev–Trinajstić information content (AvgIpc) is 2.55. The maximum absolute atomic E-state index is 2.48. The molecule has 3 saturated heterocycles. The third-order valence-corrected chi connectivity index (χ3v) is 57.3. The van der Waals surface area contributed by atoms with Gasteiger partial charge < -0.3 is 0 Å². The van der Waals surface area contributed by atoms with Crippen LogP contribution >= 0.6 is 60.2 Å². The van der Waals surface area contributed by atoms with Gasteiger partial charge in [0.2, 0.25) is 0 Å². The molecule has 3 rings (SSSR count). The van der Waals surface area contributed by atoms with Gasteiger partial charge in [-0.25, -0.2) is 0 Å². The maximum atomic E-state index is 2.48. The Morgan fingerprint density at radius 3 is 1.87 bits per heavy atom. The molecule has 0 bridgehead atoms. The van der Waals surface area contributed by atoms with Crippen molar-refractivity contribution in [3.8, 4) is 0 Å². The molecule has 0 aromatic heterocycles. The summed E-state index contributed by atoms with van der Waals surface area (Å²) in [4.78, 5) is 0. The minimum atomic E-state index is -1.82. The quantitative estimate of drug-likeness (QED) is 0.473. The first-order valence-corrected chi connectivity index (χ1v) is 23.9. The molecule has 0 aromatic carbocycles. The van der Waals surface area contributed by atoms with E-state index in [1.165, 1.54) is 30.1 Å². The molecule has 0 saturated carbocycles. The van der Waals surface area contributed by atoms with Crippen LogP contribution in [-0.2, 0) is 0 Å². The summed E-state index contributed by atoms with van der Waals surface area (Å²) in [6.07, 6.45) is 3.00. The molecule has 0 aliphatic carbocycles. The van der Waals surface area contributed by atoms with Gasteiger partial charge in [-0.05, 0) is 0 Å². The van der Waals surface area contributed by atoms with Crippen molar-refractivity contribution < 1.29 is 0 Å². The van der Waals surface area contributed by atoms with Crippen molar-refractivity contribution in [2.45, 2.75) is 26.4 Å². The van der Waals surface area contributed by atoms with Gasteiger partial charge >= 0.3 is 118 Å². The predicted octanol–water partition coefficient (Wildman–Crippen LogP) is 4.71. The Labute approximate surface area is 116 Å². The van der Waals surface area contributed by atoms with Crippen molar-refractivity contribution in [2.75, 3.05) is 17.3 Å². The molecule has 3 aliphatic heterocycles. The van der Waals surface area contributed by atoms with E-state index >= 15 is 0 Å². The van der Waals surface area contributed by atoms with Gasteiger partial charge in [-0.1, -0.05) is 0 Å². The molecule has 0 N–H and O–H groups in total. The average molecular weight is 421 g/mol. The van der Waals surface area contributed by atoms with E-state index in [0.29, 0.717) is 0 Å². The SMILES string of the molecule is C1[CH2][Sn]([S]C2CCS2)([S]C2CCS2)[S]S1. The summed E-state index contributed by atoms with van der Waals surface area (Å²) in [6, 6.07) is 0. The van der Waals surface area contributed by atoms with Gasteiger partial charge in [0, 0.05) is 0 Å². The Kier molecular flexibility index (Phi) is 5.08. The van der Waals surface area contributed by atoms with Crippen molar-refractivity contribution >= 4 is 74.4 Å².